The molecule has 0 aliphatic carbocycles. The van der Waals surface area contributed by atoms with E-state index in [0.29, 0.717) is 11.4 Å². The first kappa shape index (κ1) is 18.5. The monoisotopic (exact) mass is 363 g/mol. The van der Waals surface area contributed by atoms with Gasteiger partial charge in [0.1, 0.15) is 5.75 Å². The number of methoxy groups -OCH3 is 2. The number of allylic oxidation sites excluding steroid dienone is 1. The first-order valence-electron chi connectivity index (χ1n) is 8.57. The van der Waals surface area contributed by atoms with Crippen LogP contribution in [0.4, 0.5) is 0 Å². The second kappa shape index (κ2) is 7.91. The van der Waals surface area contributed by atoms with E-state index in [1.807, 2.05) is 49.4 Å². The van der Waals surface area contributed by atoms with Gasteiger partial charge in [-0.15, -0.1) is 0 Å². The lowest BCUT2D eigenvalue weighted by Gasteiger charge is -2.04. The molecular formula is C22H21NO4. The van der Waals surface area contributed by atoms with E-state index in [2.05, 4.69) is 0 Å². The standard InChI is InChI=1S/C22H21NO4/c1-15-18(14-22(25)27-3)19-13-17(26-2)10-11-20(19)23(15)21(24)12-9-16-7-5-4-6-8-16/h4-13H,14H2,1-3H3. The lowest BCUT2D eigenvalue weighted by molar-refractivity contribution is -0.139. The van der Waals surface area contributed by atoms with Crippen molar-refractivity contribution < 1.29 is 19.1 Å². The summed E-state index contributed by atoms with van der Waals surface area (Å²) in [5.74, 6) is 0.132. The molecule has 0 bridgehead atoms. The highest BCUT2D eigenvalue weighted by molar-refractivity contribution is 6.03. The quantitative estimate of drug-likeness (QED) is 0.507. The Morgan fingerprint density at radius 2 is 1.81 bits per heavy atom. The molecule has 3 aromatic rings. The summed E-state index contributed by atoms with van der Waals surface area (Å²) in [6.07, 6.45) is 3.40. The molecule has 0 atom stereocenters. The van der Waals surface area contributed by atoms with Gasteiger partial charge in [0.15, 0.2) is 0 Å². The maximum absolute atomic E-state index is 12.9. The van der Waals surface area contributed by atoms with Crippen molar-refractivity contribution in [2.45, 2.75) is 13.3 Å². The van der Waals surface area contributed by atoms with Crippen LogP contribution in [0.3, 0.4) is 0 Å². The van der Waals surface area contributed by atoms with Gasteiger partial charge in [0.05, 0.1) is 26.2 Å². The molecule has 3 rings (SSSR count). The van der Waals surface area contributed by atoms with Crippen LogP contribution in [0.25, 0.3) is 17.0 Å². The van der Waals surface area contributed by atoms with E-state index in [4.69, 9.17) is 9.47 Å². The molecular weight excluding hydrogens is 342 g/mol. The molecule has 2 aromatic carbocycles. The SMILES string of the molecule is COC(=O)Cc1c(C)n(C(=O)C=Cc2ccccc2)c2ccc(OC)cc12. The van der Waals surface area contributed by atoms with E-state index in [1.54, 1.807) is 23.8 Å². The fraction of sp³-hybridized carbons (Fsp3) is 0.182. The fourth-order valence-corrected chi connectivity index (χ4v) is 3.12. The van der Waals surface area contributed by atoms with Gasteiger partial charge < -0.3 is 9.47 Å². The molecule has 0 radical (unpaired) electrons. The number of fused-ring (bicyclic) bond motifs is 1. The summed E-state index contributed by atoms with van der Waals surface area (Å²) in [6, 6.07) is 15.1. The predicted molar refractivity (Wildman–Crippen MR) is 105 cm³/mol. The normalized spacial score (nSPS) is 11.1. The smallest absolute Gasteiger partial charge is 0.310 e. The zero-order valence-corrected chi connectivity index (χ0v) is 15.6. The summed E-state index contributed by atoms with van der Waals surface area (Å²) in [5.41, 5.74) is 3.15. The third kappa shape index (κ3) is 3.77. The third-order valence-corrected chi connectivity index (χ3v) is 4.53. The van der Waals surface area contributed by atoms with E-state index in [1.165, 1.54) is 13.2 Å². The Hall–Kier alpha value is -3.34. The summed E-state index contributed by atoms with van der Waals surface area (Å²) in [5, 5.41) is 0.804. The molecule has 0 spiro atoms. The average molecular weight is 363 g/mol. The Balaban J connectivity index is 2.09. The van der Waals surface area contributed by atoms with Gasteiger partial charge in [-0.2, -0.15) is 0 Å². The van der Waals surface area contributed by atoms with Crippen LogP contribution in [-0.2, 0) is 16.0 Å². The van der Waals surface area contributed by atoms with Gasteiger partial charge in [-0.25, -0.2) is 0 Å². The van der Waals surface area contributed by atoms with Crippen molar-refractivity contribution in [3.8, 4) is 5.75 Å². The summed E-state index contributed by atoms with van der Waals surface area (Å²) in [7, 11) is 2.93. The largest absolute Gasteiger partial charge is 0.497 e. The summed E-state index contributed by atoms with van der Waals surface area (Å²) in [4.78, 5) is 24.8. The Bertz CT molecular complexity index is 1020. The van der Waals surface area contributed by atoms with Gasteiger partial charge >= 0.3 is 5.97 Å². The molecule has 1 heterocycles. The minimum atomic E-state index is -0.354. The predicted octanol–water partition coefficient (Wildman–Crippen LogP) is 4.03. The highest BCUT2D eigenvalue weighted by Gasteiger charge is 2.20. The Kier molecular flexibility index (Phi) is 5.41. The van der Waals surface area contributed by atoms with E-state index < -0.39 is 0 Å². The minimum Gasteiger partial charge on any atom is -0.497 e. The number of ether oxygens (including phenoxy) is 2. The van der Waals surface area contributed by atoms with Crippen LogP contribution in [0.1, 0.15) is 21.6 Å². The summed E-state index contributed by atoms with van der Waals surface area (Å²) in [6.45, 7) is 1.83. The third-order valence-electron chi connectivity index (χ3n) is 4.53. The molecule has 0 saturated carbocycles. The van der Waals surface area contributed by atoms with Crippen molar-refractivity contribution in [3.63, 3.8) is 0 Å². The average Bonchev–Trinajstić information content (AvgIpc) is 2.97. The minimum absolute atomic E-state index is 0.0919. The van der Waals surface area contributed by atoms with Gasteiger partial charge in [-0.3, -0.25) is 14.2 Å². The zero-order valence-electron chi connectivity index (χ0n) is 15.6. The molecule has 27 heavy (non-hydrogen) atoms. The maximum atomic E-state index is 12.9. The number of hydrogen-bond acceptors (Lipinski definition) is 4. The number of carbonyl (C=O) groups excluding carboxylic acids is 2. The van der Waals surface area contributed by atoms with Gasteiger partial charge in [-0.1, -0.05) is 30.3 Å². The molecule has 0 aliphatic heterocycles. The number of aromatic nitrogens is 1. The Morgan fingerprint density at radius 1 is 1.07 bits per heavy atom. The van der Waals surface area contributed by atoms with Crippen molar-refractivity contribution in [1.82, 2.24) is 4.57 Å². The lowest BCUT2D eigenvalue weighted by Crippen LogP contribution is -2.10. The van der Waals surface area contributed by atoms with E-state index in [0.717, 1.165) is 22.0 Å². The first-order chi connectivity index (χ1) is 13.0. The molecule has 0 aliphatic rings. The van der Waals surface area contributed by atoms with Crippen LogP contribution in [0, 0.1) is 6.92 Å². The van der Waals surface area contributed by atoms with Crippen molar-refractivity contribution in [2.24, 2.45) is 0 Å². The summed E-state index contributed by atoms with van der Waals surface area (Å²) < 4.78 is 11.7. The number of benzene rings is 2. The number of nitrogens with zero attached hydrogens (tertiary/aromatic N) is 1. The maximum Gasteiger partial charge on any atom is 0.310 e. The van der Waals surface area contributed by atoms with E-state index in [9.17, 15) is 9.59 Å². The second-order valence-electron chi connectivity index (χ2n) is 6.12. The molecule has 5 nitrogen and oxygen atoms in total. The first-order valence-corrected chi connectivity index (χ1v) is 8.57. The highest BCUT2D eigenvalue weighted by Crippen LogP contribution is 2.30. The van der Waals surface area contributed by atoms with Crippen molar-refractivity contribution in [3.05, 3.63) is 71.4 Å². The van der Waals surface area contributed by atoms with Crippen LogP contribution in [-0.4, -0.2) is 30.7 Å². The Morgan fingerprint density at radius 3 is 2.48 bits per heavy atom. The van der Waals surface area contributed by atoms with Gasteiger partial charge in [0.2, 0.25) is 0 Å². The van der Waals surface area contributed by atoms with Gasteiger partial charge in [0.25, 0.3) is 5.91 Å². The number of esters is 1. The fourth-order valence-electron chi connectivity index (χ4n) is 3.12. The lowest BCUT2D eigenvalue weighted by atomic mass is 10.1. The zero-order chi connectivity index (χ0) is 19.4. The van der Waals surface area contributed by atoms with E-state index in [-0.39, 0.29) is 18.3 Å². The molecule has 1 aromatic heterocycles. The van der Waals surface area contributed by atoms with Crippen molar-refractivity contribution >= 4 is 28.9 Å². The van der Waals surface area contributed by atoms with Crippen LogP contribution in [0.2, 0.25) is 0 Å². The van der Waals surface area contributed by atoms with Gasteiger partial charge in [-0.05, 0) is 42.3 Å². The molecule has 0 amide bonds. The van der Waals surface area contributed by atoms with Crippen LogP contribution in [0.5, 0.6) is 5.75 Å². The van der Waals surface area contributed by atoms with Crippen LogP contribution in [0.15, 0.2) is 54.6 Å². The Labute approximate surface area is 157 Å². The number of rotatable bonds is 5. The van der Waals surface area contributed by atoms with E-state index >= 15 is 0 Å². The molecule has 5 heteroatoms. The van der Waals surface area contributed by atoms with Crippen molar-refractivity contribution in [2.75, 3.05) is 14.2 Å². The molecule has 0 unspecified atom stereocenters. The molecule has 0 saturated heterocycles. The topological polar surface area (TPSA) is 57.5 Å². The number of hydrogen-bond donors (Lipinski definition) is 0. The van der Waals surface area contributed by atoms with Crippen LogP contribution >= 0.6 is 0 Å². The number of carbonyl (C=O) groups is 2. The van der Waals surface area contributed by atoms with Crippen LogP contribution < -0.4 is 4.74 Å². The second-order valence-corrected chi connectivity index (χ2v) is 6.12. The molecule has 0 fully saturated rings. The van der Waals surface area contributed by atoms with Crippen molar-refractivity contribution in [1.29, 1.82) is 0 Å². The molecule has 138 valence electrons. The highest BCUT2D eigenvalue weighted by atomic mass is 16.5. The molecule has 0 N–H and O–H groups in total. The summed E-state index contributed by atoms with van der Waals surface area (Å²) >= 11 is 0. The van der Waals surface area contributed by atoms with Gasteiger partial charge in [0, 0.05) is 17.2 Å².